The van der Waals surface area contributed by atoms with Crippen molar-refractivity contribution in [2.45, 2.75) is 218 Å². The van der Waals surface area contributed by atoms with E-state index in [2.05, 4.69) is 47.9 Å². The van der Waals surface area contributed by atoms with Crippen molar-refractivity contribution in [1.29, 1.82) is 0 Å². The maximum atomic E-state index is 15.0. The Morgan fingerprint density at radius 2 is 0.681 bits per heavy atom. The van der Waals surface area contributed by atoms with E-state index >= 15 is 9.59 Å². The number of hydrogen-bond donors (Lipinski definition) is 12. The van der Waals surface area contributed by atoms with Gasteiger partial charge in [-0.15, -0.1) is 0 Å². The lowest BCUT2D eigenvalue weighted by atomic mass is 9.99. The van der Waals surface area contributed by atoms with Gasteiger partial charge in [-0.25, -0.2) is 0 Å². The number of hydrogen-bond acceptors (Lipinski definition) is 14. The first-order valence-corrected chi connectivity index (χ1v) is 32.9. The van der Waals surface area contributed by atoms with Gasteiger partial charge in [0.1, 0.15) is 66.5 Å². The van der Waals surface area contributed by atoms with Crippen molar-refractivity contribution < 1.29 is 52.7 Å². The van der Waals surface area contributed by atoms with E-state index in [-0.39, 0.29) is 115 Å². The Morgan fingerprint density at radius 1 is 0.374 bits per heavy atom. The Morgan fingerprint density at radius 3 is 1.01 bits per heavy atom. The maximum Gasteiger partial charge on any atom is 0.246 e. The molecule has 0 aromatic heterocycles. The third kappa shape index (κ3) is 22.7. The summed E-state index contributed by atoms with van der Waals surface area (Å²) in [6.45, 7) is 15.1. The van der Waals surface area contributed by atoms with Crippen LogP contribution in [0.3, 0.4) is 0 Å². The van der Waals surface area contributed by atoms with E-state index in [0.717, 1.165) is 0 Å². The molecule has 0 aliphatic carbocycles. The van der Waals surface area contributed by atoms with Crippen LogP contribution in [-0.4, -0.2) is 174 Å². The van der Waals surface area contributed by atoms with Gasteiger partial charge in [0, 0.05) is 25.9 Å². The highest BCUT2D eigenvalue weighted by Gasteiger charge is 2.43. The topological polar surface area (TPSA) is 381 Å². The molecule has 15 N–H and O–H groups in total. The molecule has 0 bridgehead atoms. The molecule has 25 nitrogen and oxygen atoms in total. The fourth-order valence-electron chi connectivity index (χ4n) is 11.9. The molecule has 11 atom stereocenters. The molecule has 0 saturated carbocycles. The molecule has 0 unspecified atom stereocenters. The van der Waals surface area contributed by atoms with E-state index in [9.17, 15) is 43.2 Å². The van der Waals surface area contributed by atoms with Crippen LogP contribution in [0.25, 0.3) is 0 Å². The molecule has 3 aliphatic heterocycles. The molecule has 3 fully saturated rings. The third-order valence-corrected chi connectivity index (χ3v) is 16.9. The van der Waals surface area contributed by atoms with Gasteiger partial charge in [-0.3, -0.25) is 52.7 Å². The van der Waals surface area contributed by atoms with E-state index < -0.39 is 143 Å². The summed E-state index contributed by atoms with van der Waals surface area (Å²) in [6, 6.07) is 4.63. The summed E-state index contributed by atoms with van der Waals surface area (Å²) in [5, 5.41) is 25.7. The van der Waals surface area contributed by atoms with Crippen molar-refractivity contribution in [2.24, 2.45) is 40.9 Å². The van der Waals surface area contributed by atoms with Gasteiger partial charge in [-0.05, 0) is 138 Å². The van der Waals surface area contributed by atoms with Crippen LogP contribution in [0.1, 0.15) is 150 Å². The minimum absolute atomic E-state index is 0.00259. The van der Waals surface area contributed by atoms with Crippen molar-refractivity contribution >= 4 is 65.0 Å². The lowest BCUT2D eigenvalue weighted by Gasteiger charge is -2.32. The van der Waals surface area contributed by atoms with Crippen LogP contribution >= 0.6 is 0 Å². The van der Waals surface area contributed by atoms with Crippen molar-refractivity contribution in [3.63, 3.8) is 0 Å². The second-order valence-corrected chi connectivity index (χ2v) is 26.1. The van der Waals surface area contributed by atoms with Gasteiger partial charge in [0.25, 0.3) is 0 Å². The lowest BCUT2D eigenvalue weighted by Crippen LogP contribution is -2.61. The quantitative estimate of drug-likeness (QED) is 0.0818. The van der Waals surface area contributed by atoms with Crippen molar-refractivity contribution in [3.8, 4) is 0 Å². The molecule has 5 rings (SSSR count). The molecule has 3 aliphatic rings. The molecule has 25 heteroatoms. The zero-order valence-electron chi connectivity index (χ0n) is 54.7. The Bertz CT molecular complexity index is 2750. The van der Waals surface area contributed by atoms with Crippen molar-refractivity contribution in [2.75, 3.05) is 32.7 Å². The molecule has 3 saturated heterocycles. The minimum Gasteiger partial charge on any atom is -0.343 e. The van der Waals surface area contributed by atoms with Gasteiger partial charge < -0.3 is 74.9 Å². The van der Waals surface area contributed by atoms with Crippen LogP contribution in [0.15, 0.2) is 60.7 Å². The summed E-state index contributed by atoms with van der Waals surface area (Å²) >= 11 is 0. The van der Waals surface area contributed by atoms with E-state index in [4.69, 9.17) is 17.2 Å². The number of carbonyl (C=O) groups is 11. The van der Waals surface area contributed by atoms with Crippen LogP contribution < -0.4 is 65.1 Å². The molecular weight excluding hydrogens is 1160 g/mol. The van der Waals surface area contributed by atoms with Gasteiger partial charge in [0.15, 0.2) is 0 Å². The standard InChI is InChI=1S/C66H104N14O11/c1-39(2)35-48-59(84)70-45(25-15-16-30-67)58(83)75-50(37-43-21-11-9-12-22-43)65(90)79-33-19-28-52(79)61(86)77-55(42(7)8)64(89)72-47(27-18-32-69)57(82)74-49(36-40(3)4)60(85)76-51(38-44-23-13-10-14-24-44)66(91)80-34-20-29-53(80)62(87)78-54(41(5)6)63(88)71-46(26-17-31-68)56(81)73-48/h9-14,21-24,39-42,45-55H,15-20,25-38,67-69H2,1-8H3,(H,70,84)(H,71,88)(H,72,89)(H,73,81)(H,74,82)(H,75,83)(H,76,85)(H,77,86)(H,78,87)/t45-,46-,47-,48-,49-,50+,51+,52-,53-,54-,55-/m0/s1. The molecule has 0 spiro atoms. The number of benzene rings is 2. The SMILES string of the molecule is CC(C)C[C@@H]1NC(=O)[C@H](CCCN)NC(=O)[C@H](C(C)C)NC(=O)[C@@H]2CCCN2C(=O)[C@@H](Cc2ccccc2)NC(=O)[C@H](CC(C)C)NC(=O)[C@H](CCCN)NC(=O)[C@H](C(C)C)NC(=O)[C@@H]2CCCN2C(=O)[C@@H](Cc2ccccc2)NC(=O)[C@H](CCCCN)NC1=O. The first-order valence-electron chi connectivity index (χ1n) is 32.9. The fourth-order valence-corrected chi connectivity index (χ4v) is 11.9. The smallest absolute Gasteiger partial charge is 0.246 e. The second kappa shape index (κ2) is 37.1. The number of nitrogens with one attached hydrogen (secondary N) is 9. The van der Waals surface area contributed by atoms with Crippen molar-refractivity contribution in [1.82, 2.24) is 57.7 Å². The zero-order chi connectivity index (χ0) is 66.9. The Hall–Kier alpha value is -7.51. The van der Waals surface area contributed by atoms with E-state index in [0.29, 0.717) is 36.8 Å². The molecular formula is C66H104N14O11. The Kier molecular flexibility index (Phi) is 30.3. The van der Waals surface area contributed by atoms with Gasteiger partial charge in [-0.2, -0.15) is 0 Å². The average Bonchev–Trinajstić information content (AvgIpc) is 2.12. The summed E-state index contributed by atoms with van der Waals surface area (Å²) in [5.41, 5.74) is 19.2. The van der Waals surface area contributed by atoms with Gasteiger partial charge >= 0.3 is 0 Å². The van der Waals surface area contributed by atoms with E-state index in [1.807, 2.05) is 27.7 Å². The first-order chi connectivity index (χ1) is 43.4. The second-order valence-electron chi connectivity index (χ2n) is 26.1. The molecule has 3 heterocycles. The number of carbonyl (C=O) groups excluding carboxylic acids is 11. The molecule has 11 amide bonds. The van der Waals surface area contributed by atoms with Crippen LogP contribution in [0.5, 0.6) is 0 Å². The highest BCUT2D eigenvalue weighted by molar-refractivity contribution is 6.00. The minimum atomic E-state index is -1.26. The molecule has 2 aromatic rings. The van der Waals surface area contributed by atoms with E-state index in [1.54, 1.807) is 88.4 Å². The highest BCUT2D eigenvalue weighted by atomic mass is 16.2. The maximum absolute atomic E-state index is 15.0. The average molecular weight is 1270 g/mol. The largest absolute Gasteiger partial charge is 0.343 e. The van der Waals surface area contributed by atoms with Gasteiger partial charge in [0.2, 0.25) is 65.0 Å². The number of unbranched alkanes of at least 4 members (excludes halogenated alkanes) is 1. The molecule has 2 aromatic carbocycles. The highest BCUT2D eigenvalue weighted by Crippen LogP contribution is 2.24. The number of nitrogens with zero attached hydrogens (tertiary/aromatic N) is 2. The Balaban J connectivity index is 1.60. The summed E-state index contributed by atoms with van der Waals surface area (Å²) in [4.78, 5) is 164. The lowest BCUT2D eigenvalue weighted by molar-refractivity contribution is -0.143. The molecule has 91 heavy (non-hydrogen) atoms. The van der Waals surface area contributed by atoms with Gasteiger partial charge in [0.05, 0.1) is 0 Å². The fraction of sp³-hybridized carbons (Fsp3) is 0.652. The summed E-state index contributed by atoms with van der Waals surface area (Å²) in [7, 11) is 0. The summed E-state index contributed by atoms with van der Waals surface area (Å²) < 4.78 is 0. The van der Waals surface area contributed by atoms with Crippen LogP contribution in [0, 0.1) is 23.7 Å². The summed E-state index contributed by atoms with van der Waals surface area (Å²) in [5.74, 6) is -8.83. The first kappa shape index (κ1) is 74.2. The number of amides is 11. The van der Waals surface area contributed by atoms with Crippen LogP contribution in [0.4, 0.5) is 0 Å². The number of nitrogens with two attached hydrogens (primary N) is 3. The molecule has 504 valence electrons. The molecule has 0 radical (unpaired) electrons. The predicted octanol–water partition coefficient (Wildman–Crippen LogP) is 0.842. The number of fused-ring (bicyclic) bond motifs is 2. The normalized spacial score (nSPS) is 26.3. The Labute approximate surface area is 536 Å². The van der Waals surface area contributed by atoms with Crippen LogP contribution in [0.2, 0.25) is 0 Å². The zero-order valence-corrected chi connectivity index (χ0v) is 54.7. The number of rotatable bonds is 20. The van der Waals surface area contributed by atoms with Gasteiger partial charge in [-0.1, -0.05) is 116 Å². The van der Waals surface area contributed by atoms with Crippen LogP contribution in [-0.2, 0) is 65.6 Å². The van der Waals surface area contributed by atoms with E-state index in [1.165, 1.54) is 9.80 Å². The third-order valence-electron chi connectivity index (χ3n) is 16.9. The monoisotopic (exact) mass is 1270 g/mol. The predicted molar refractivity (Wildman–Crippen MR) is 345 cm³/mol. The summed E-state index contributed by atoms with van der Waals surface area (Å²) in [6.07, 6.45) is 3.13. The van der Waals surface area contributed by atoms with Crippen molar-refractivity contribution in [3.05, 3.63) is 71.8 Å².